The molecule has 0 unspecified atom stereocenters. The molecule has 2 rings (SSSR count). The zero-order chi connectivity index (χ0) is 16.1. The van der Waals surface area contributed by atoms with Gasteiger partial charge in [-0.25, -0.2) is 0 Å². The first-order valence-electron chi connectivity index (χ1n) is 6.59. The number of carbonyl (C=O) groups excluding carboxylic acids is 1. The van der Waals surface area contributed by atoms with Crippen LogP contribution in [-0.2, 0) is 11.2 Å². The highest BCUT2D eigenvalue weighted by Crippen LogP contribution is 2.28. The number of anilines is 2. The molecule has 0 atom stereocenters. The van der Waals surface area contributed by atoms with E-state index in [1.807, 2.05) is 6.07 Å². The van der Waals surface area contributed by atoms with E-state index in [0.29, 0.717) is 27.9 Å². The molecular formula is C16H17ClN2O3. The second-order valence-corrected chi connectivity index (χ2v) is 5.06. The van der Waals surface area contributed by atoms with Crippen LogP contribution in [0, 0.1) is 0 Å². The van der Waals surface area contributed by atoms with Crippen molar-refractivity contribution in [2.45, 2.75) is 6.42 Å². The van der Waals surface area contributed by atoms with E-state index >= 15 is 0 Å². The van der Waals surface area contributed by atoms with Crippen LogP contribution in [0.4, 0.5) is 11.4 Å². The van der Waals surface area contributed by atoms with E-state index in [0.717, 1.165) is 5.56 Å². The summed E-state index contributed by atoms with van der Waals surface area (Å²) in [7, 11) is 3.12. The number of hydrogen-bond acceptors (Lipinski definition) is 4. The minimum atomic E-state index is -0.158. The molecule has 116 valence electrons. The smallest absolute Gasteiger partial charge is 0.228 e. The Morgan fingerprint density at radius 1 is 1.14 bits per heavy atom. The van der Waals surface area contributed by atoms with Crippen LogP contribution < -0.4 is 20.5 Å². The number of nitrogens with two attached hydrogens (primary N) is 1. The first kappa shape index (κ1) is 16.0. The minimum absolute atomic E-state index is 0.158. The molecule has 0 aliphatic heterocycles. The molecule has 0 heterocycles. The standard InChI is InChI=1S/C16H17ClN2O3/c1-21-14-6-3-10(7-15(14)22-2)8-16(20)19-11-4-5-12(17)13(18)9-11/h3-7,9H,8,18H2,1-2H3,(H,19,20). The van der Waals surface area contributed by atoms with Crippen LogP contribution in [0.25, 0.3) is 0 Å². The van der Waals surface area contributed by atoms with Gasteiger partial charge in [0.1, 0.15) is 0 Å². The summed E-state index contributed by atoms with van der Waals surface area (Å²) in [5.74, 6) is 1.05. The van der Waals surface area contributed by atoms with E-state index in [1.54, 1.807) is 44.6 Å². The molecule has 0 radical (unpaired) electrons. The number of nitrogen functional groups attached to an aromatic ring is 1. The van der Waals surface area contributed by atoms with Gasteiger partial charge in [-0.2, -0.15) is 0 Å². The predicted octanol–water partition coefficient (Wildman–Crippen LogP) is 3.12. The Kier molecular flexibility index (Phi) is 5.12. The maximum absolute atomic E-state index is 12.1. The minimum Gasteiger partial charge on any atom is -0.493 e. The van der Waals surface area contributed by atoms with Crippen molar-refractivity contribution in [1.82, 2.24) is 0 Å². The second-order valence-electron chi connectivity index (χ2n) is 4.65. The normalized spacial score (nSPS) is 10.1. The van der Waals surface area contributed by atoms with Gasteiger partial charge in [0.05, 0.1) is 31.4 Å². The fourth-order valence-corrected chi connectivity index (χ4v) is 2.12. The molecule has 2 aromatic carbocycles. The molecule has 5 nitrogen and oxygen atoms in total. The summed E-state index contributed by atoms with van der Waals surface area (Å²) in [6.07, 6.45) is 0.211. The highest BCUT2D eigenvalue weighted by molar-refractivity contribution is 6.33. The Balaban J connectivity index is 2.07. The fraction of sp³-hybridized carbons (Fsp3) is 0.188. The fourth-order valence-electron chi connectivity index (χ4n) is 2.00. The Morgan fingerprint density at radius 3 is 2.50 bits per heavy atom. The number of halogens is 1. The topological polar surface area (TPSA) is 73.6 Å². The van der Waals surface area contributed by atoms with Crippen molar-refractivity contribution in [3.8, 4) is 11.5 Å². The molecule has 0 saturated heterocycles. The van der Waals surface area contributed by atoms with Crippen LogP contribution in [0.3, 0.4) is 0 Å². The average molecular weight is 321 g/mol. The Morgan fingerprint density at radius 2 is 1.86 bits per heavy atom. The van der Waals surface area contributed by atoms with Crippen LogP contribution in [0.1, 0.15) is 5.56 Å². The van der Waals surface area contributed by atoms with Gasteiger partial charge >= 0.3 is 0 Å². The lowest BCUT2D eigenvalue weighted by Gasteiger charge is -2.10. The number of benzene rings is 2. The van der Waals surface area contributed by atoms with Crippen LogP contribution in [0.15, 0.2) is 36.4 Å². The molecule has 0 spiro atoms. The molecule has 0 fully saturated rings. The molecule has 1 amide bonds. The van der Waals surface area contributed by atoms with E-state index in [9.17, 15) is 4.79 Å². The summed E-state index contributed by atoms with van der Waals surface area (Å²) in [4.78, 5) is 12.1. The third kappa shape index (κ3) is 3.83. The van der Waals surface area contributed by atoms with E-state index in [1.165, 1.54) is 0 Å². The van der Waals surface area contributed by atoms with Gasteiger partial charge in [0.15, 0.2) is 11.5 Å². The van der Waals surface area contributed by atoms with Crippen LogP contribution in [0.5, 0.6) is 11.5 Å². The predicted molar refractivity (Wildman–Crippen MR) is 87.7 cm³/mol. The van der Waals surface area contributed by atoms with Gasteiger partial charge < -0.3 is 20.5 Å². The summed E-state index contributed by atoms with van der Waals surface area (Å²) in [6.45, 7) is 0. The lowest BCUT2D eigenvalue weighted by molar-refractivity contribution is -0.115. The van der Waals surface area contributed by atoms with Gasteiger partial charge in [-0.1, -0.05) is 17.7 Å². The van der Waals surface area contributed by atoms with Gasteiger partial charge in [-0.15, -0.1) is 0 Å². The number of hydrogen-bond donors (Lipinski definition) is 2. The van der Waals surface area contributed by atoms with E-state index < -0.39 is 0 Å². The van der Waals surface area contributed by atoms with Gasteiger partial charge in [0, 0.05) is 5.69 Å². The summed E-state index contributed by atoms with van der Waals surface area (Å²) in [5.41, 5.74) is 7.55. The molecular weight excluding hydrogens is 304 g/mol. The molecule has 0 aromatic heterocycles. The van der Waals surface area contributed by atoms with Gasteiger partial charge in [0.25, 0.3) is 0 Å². The maximum atomic E-state index is 12.1. The maximum Gasteiger partial charge on any atom is 0.228 e. The molecule has 22 heavy (non-hydrogen) atoms. The molecule has 2 aromatic rings. The highest BCUT2D eigenvalue weighted by Gasteiger charge is 2.09. The van der Waals surface area contributed by atoms with Crippen LogP contribution in [-0.4, -0.2) is 20.1 Å². The number of carbonyl (C=O) groups is 1. The number of rotatable bonds is 5. The molecule has 0 saturated carbocycles. The number of nitrogens with one attached hydrogen (secondary N) is 1. The first-order valence-corrected chi connectivity index (χ1v) is 6.97. The molecule has 3 N–H and O–H groups in total. The summed E-state index contributed by atoms with van der Waals surface area (Å²) in [5, 5.41) is 3.23. The van der Waals surface area contributed by atoms with Crippen molar-refractivity contribution < 1.29 is 14.3 Å². The second kappa shape index (κ2) is 7.04. The quantitative estimate of drug-likeness (QED) is 0.830. The third-order valence-electron chi connectivity index (χ3n) is 3.09. The summed E-state index contributed by atoms with van der Waals surface area (Å²) >= 11 is 5.85. The highest BCUT2D eigenvalue weighted by atomic mass is 35.5. The Labute approximate surface area is 134 Å². The van der Waals surface area contributed by atoms with Crippen molar-refractivity contribution in [1.29, 1.82) is 0 Å². The van der Waals surface area contributed by atoms with Gasteiger partial charge in [0.2, 0.25) is 5.91 Å². The molecule has 0 aliphatic carbocycles. The van der Waals surface area contributed by atoms with Crippen molar-refractivity contribution in [3.05, 3.63) is 47.0 Å². The number of methoxy groups -OCH3 is 2. The number of ether oxygens (including phenoxy) is 2. The van der Waals surface area contributed by atoms with E-state index in [4.69, 9.17) is 26.8 Å². The summed E-state index contributed by atoms with van der Waals surface area (Å²) in [6, 6.07) is 10.3. The number of amides is 1. The first-order chi connectivity index (χ1) is 10.5. The van der Waals surface area contributed by atoms with Crippen molar-refractivity contribution in [2.24, 2.45) is 0 Å². The van der Waals surface area contributed by atoms with Crippen LogP contribution >= 0.6 is 11.6 Å². The largest absolute Gasteiger partial charge is 0.493 e. The van der Waals surface area contributed by atoms with Crippen molar-refractivity contribution in [2.75, 3.05) is 25.3 Å². The molecule has 0 bridgehead atoms. The van der Waals surface area contributed by atoms with Crippen molar-refractivity contribution >= 4 is 28.9 Å². The molecule has 6 heteroatoms. The van der Waals surface area contributed by atoms with Gasteiger partial charge in [-0.05, 0) is 35.9 Å². The molecule has 0 aliphatic rings. The SMILES string of the molecule is COc1ccc(CC(=O)Nc2ccc(Cl)c(N)c2)cc1OC. The summed E-state index contributed by atoms with van der Waals surface area (Å²) < 4.78 is 10.4. The average Bonchev–Trinajstić information content (AvgIpc) is 2.50. The van der Waals surface area contributed by atoms with E-state index in [-0.39, 0.29) is 12.3 Å². The zero-order valence-electron chi connectivity index (χ0n) is 12.4. The Bertz CT molecular complexity index is 689. The third-order valence-corrected chi connectivity index (χ3v) is 3.44. The lowest BCUT2D eigenvalue weighted by Crippen LogP contribution is -2.14. The zero-order valence-corrected chi connectivity index (χ0v) is 13.1. The lowest BCUT2D eigenvalue weighted by atomic mass is 10.1. The van der Waals surface area contributed by atoms with Crippen LogP contribution in [0.2, 0.25) is 5.02 Å². The monoisotopic (exact) mass is 320 g/mol. The Hall–Kier alpha value is -2.40. The van der Waals surface area contributed by atoms with Gasteiger partial charge in [-0.3, -0.25) is 4.79 Å². The van der Waals surface area contributed by atoms with Crippen molar-refractivity contribution in [3.63, 3.8) is 0 Å². The van der Waals surface area contributed by atoms with E-state index in [2.05, 4.69) is 5.32 Å².